The molecule has 0 N–H and O–H groups in total. The molecular weight excluding hydrogens is 414 g/mol. The molecule has 0 bridgehead atoms. The van der Waals surface area contributed by atoms with Gasteiger partial charge in [0.25, 0.3) is 0 Å². The number of ether oxygens (including phenoxy) is 2. The van der Waals surface area contributed by atoms with Crippen LogP contribution in [0.3, 0.4) is 0 Å². The van der Waals surface area contributed by atoms with E-state index in [4.69, 9.17) is 16.3 Å². The van der Waals surface area contributed by atoms with Crippen molar-refractivity contribution in [1.29, 1.82) is 0 Å². The summed E-state index contributed by atoms with van der Waals surface area (Å²) in [5, 5.41) is -0.181. The predicted octanol–water partition coefficient (Wildman–Crippen LogP) is 4.75. The van der Waals surface area contributed by atoms with E-state index in [1.54, 1.807) is 0 Å². The normalized spacial score (nSPS) is 23.7. The number of aliphatic imine (C=N–C) groups is 1. The van der Waals surface area contributed by atoms with E-state index in [0.717, 1.165) is 11.1 Å². The summed E-state index contributed by atoms with van der Waals surface area (Å²) in [6.45, 7) is -3.43. The van der Waals surface area contributed by atoms with Crippen molar-refractivity contribution in [3.63, 3.8) is 0 Å². The minimum Gasteiger partial charge on any atom is -0.490 e. The molecule has 1 aromatic carbocycles. The van der Waals surface area contributed by atoms with Gasteiger partial charge in [0, 0.05) is 18.2 Å². The smallest absolute Gasteiger partial charge is 0.417 e. The fraction of sp³-hybridized carbons (Fsp3) is 0.353. The number of allylic oxidation sites excluding steroid dienone is 2. The Morgan fingerprint density at radius 1 is 1.29 bits per heavy atom. The Hall–Kier alpha value is -2.36. The Bertz CT molecular complexity index is 927. The number of halogens is 7. The summed E-state index contributed by atoms with van der Waals surface area (Å²) in [6, 6.07) is 2.75. The van der Waals surface area contributed by atoms with Gasteiger partial charge in [-0.05, 0) is 12.1 Å². The highest BCUT2D eigenvalue weighted by atomic mass is 35.5. The van der Waals surface area contributed by atoms with E-state index in [2.05, 4.69) is 9.73 Å². The molecule has 11 heteroatoms. The Labute approximate surface area is 159 Å². The molecule has 1 aromatic rings. The highest BCUT2D eigenvalue weighted by molar-refractivity contribution is 6.30. The fourth-order valence-electron chi connectivity index (χ4n) is 3.49. The van der Waals surface area contributed by atoms with Crippen molar-refractivity contribution in [2.24, 2.45) is 4.99 Å². The Balaban J connectivity index is 1.82. The molecule has 28 heavy (non-hydrogen) atoms. The maximum absolute atomic E-state index is 14.3. The van der Waals surface area contributed by atoms with E-state index in [9.17, 15) is 26.3 Å². The number of hydrogen-bond donors (Lipinski definition) is 0. The van der Waals surface area contributed by atoms with Crippen LogP contribution in [-0.2, 0) is 10.3 Å². The lowest BCUT2D eigenvalue weighted by Gasteiger charge is -2.34. The third-order valence-corrected chi connectivity index (χ3v) is 4.97. The highest BCUT2D eigenvalue weighted by Gasteiger charge is 2.49. The third kappa shape index (κ3) is 2.99. The molecule has 150 valence electrons. The SMILES string of the molecule is Fc1c(Cl)ccc2c1OCC[C@@]21CN2C=C(C(F)(F)F)C=C(OC(F)F)C2=N1. The molecular formula is C17H11ClF6N2O2. The number of rotatable bonds is 2. The van der Waals surface area contributed by atoms with Crippen LogP contribution in [0.4, 0.5) is 26.3 Å². The van der Waals surface area contributed by atoms with Gasteiger partial charge in [-0.15, -0.1) is 0 Å². The minimum absolute atomic E-state index is 0.0273. The lowest BCUT2D eigenvalue weighted by Crippen LogP contribution is -2.37. The van der Waals surface area contributed by atoms with Crippen molar-refractivity contribution in [2.45, 2.75) is 24.7 Å². The van der Waals surface area contributed by atoms with E-state index in [1.165, 1.54) is 12.1 Å². The maximum Gasteiger partial charge on any atom is 0.417 e. The van der Waals surface area contributed by atoms with Gasteiger partial charge in [0.05, 0.1) is 23.7 Å². The van der Waals surface area contributed by atoms with E-state index in [-0.39, 0.29) is 41.7 Å². The summed E-state index contributed by atoms with van der Waals surface area (Å²) in [6.07, 6.45) is -3.32. The number of amidine groups is 1. The second kappa shape index (κ2) is 6.33. The van der Waals surface area contributed by atoms with Crippen molar-refractivity contribution in [2.75, 3.05) is 13.2 Å². The van der Waals surface area contributed by atoms with E-state index in [1.807, 2.05) is 0 Å². The summed E-state index contributed by atoms with van der Waals surface area (Å²) < 4.78 is 89.0. The monoisotopic (exact) mass is 424 g/mol. The second-order valence-corrected chi connectivity index (χ2v) is 6.81. The zero-order valence-corrected chi connectivity index (χ0v) is 14.6. The fourth-order valence-corrected chi connectivity index (χ4v) is 3.64. The van der Waals surface area contributed by atoms with Crippen LogP contribution in [0.1, 0.15) is 12.0 Å². The molecule has 0 saturated heterocycles. The largest absolute Gasteiger partial charge is 0.490 e. The van der Waals surface area contributed by atoms with Crippen molar-refractivity contribution in [3.05, 3.63) is 52.1 Å². The number of hydrogen-bond acceptors (Lipinski definition) is 4. The number of nitrogens with zero attached hydrogens (tertiary/aromatic N) is 2. The van der Waals surface area contributed by atoms with Gasteiger partial charge in [-0.25, -0.2) is 4.39 Å². The van der Waals surface area contributed by atoms with Crippen molar-refractivity contribution in [1.82, 2.24) is 4.90 Å². The van der Waals surface area contributed by atoms with Crippen molar-refractivity contribution >= 4 is 17.4 Å². The summed E-state index contributed by atoms with van der Waals surface area (Å²) in [7, 11) is 0. The Kier molecular flexibility index (Phi) is 4.29. The zero-order valence-electron chi connectivity index (χ0n) is 13.9. The maximum atomic E-state index is 14.3. The molecule has 0 fully saturated rings. The average Bonchev–Trinajstić information content (AvgIpc) is 2.96. The first-order valence-electron chi connectivity index (χ1n) is 8.04. The van der Waals surface area contributed by atoms with E-state index in [0.29, 0.717) is 6.08 Å². The first kappa shape index (κ1) is 19.0. The van der Waals surface area contributed by atoms with Crippen LogP contribution in [-0.4, -0.2) is 36.7 Å². The van der Waals surface area contributed by atoms with Crippen molar-refractivity contribution in [3.8, 4) is 5.75 Å². The van der Waals surface area contributed by atoms with Gasteiger partial charge in [0.1, 0.15) is 5.54 Å². The topological polar surface area (TPSA) is 34.1 Å². The van der Waals surface area contributed by atoms with Gasteiger partial charge in [-0.3, -0.25) is 4.99 Å². The lowest BCUT2D eigenvalue weighted by atomic mass is 9.85. The molecule has 0 saturated carbocycles. The first-order valence-corrected chi connectivity index (χ1v) is 8.42. The van der Waals surface area contributed by atoms with Crippen LogP contribution in [0.5, 0.6) is 5.75 Å². The molecule has 1 atom stereocenters. The molecule has 0 aromatic heterocycles. The van der Waals surface area contributed by atoms with Crippen LogP contribution in [0.15, 0.2) is 40.7 Å². The summed E-state index contributed by atoms with van der Waals surface area (Å²) in [5.74, 6) is -1.85. The van der Waals surface area contributed by atoms with Crippen LogP contribution in [0.2, 0.25) is 5.02 Å². The van der Waals surface area contributed by atoms with E-state index < -0.39 is 35.5 Å². The molecule has 4 nitrogen and oxygen atoms in total. The number of fused-ring (bicyclic) bond motifs is 3. The molecule has 1 spiro atoms. The van der Waals surface area contributed by atoms with E-state index >= 15 is 0 Å². The van der Waals surface area contributed by atoms with Crippen LogP contribution in [0, 0.1) is 5.82 Å². The molecule has 3 aliphatic heterocycles. The molecule has 3 aliphatic rings. The third-order valence-electron chi connectivity index (χ3n) is 4.68. The predicted molar refractivity (Wildman–Crippen MR) is 86.7 cm³/mol. The summed E-state index contributed by atoms with van der Waals surface area (Å²) >= 11 is 5.76. The summed E-state index contributed by atoms with van der Waals surface area (Å²) in [5.41, 5.74) is -2.06. The quantitative estimate of drug-likeness (QED) is 0.642. The van der Waals surface area contributed by atoms with Crippen molar-refractivity contribution < 1.29 is 35.8 Å². The van der Waals surface area contributed by atoms with Crippen LogP contribution < -0.4 is 4.74 Å². The molecule has 0 amide bonds. The second-order valence-electron chi connectivity index (χ2n) is 6.40. The Morgan fingerprint density at radius 3 is 2.71 bits per heavy atom. The number of alkyl halides is 5. The average molecular weight is 425 g/mol. The van der Waals surface area contributed by atoms with Gasteiger partial charge in [0.2, 0.25) is 0 Å². The minimum atomic E-state index is -4.77. The molecule has 3 heterocycles. The van der Waals surface area contributed by atoms with Gasteiger partial charge < -0.3 is 14.4 Å². The molecule has 0 unspecified atom stereocenters. The highest BCUT2D eigenvalue weighted by Crippen LogP contribution is 2.48. The van der Waals surface area contributed by atoms with Crippen LogP contribution >= 0.6 is 11.6 Å². The van der Waals surface area contributed by atoms with Gasteiger partial charge in [-0.1, -0.05) is 17.7 Å². The van der Waals surface area contributed by atoms with Gasteiger partial charge in [-0.2, -0.15) is 22.0 Å². The van der Waals surface area contributed by atoms with Gasteiger partial charge >= 0.3 is 12.8 Å². The zero-order chi connectivity index (χ0) is 20.3. The molecule has 4 rings (SSSR count). The summed E-state index contributed by atoms with van der Waals surface area (Å²) in [4.78, 5) is 5.46. The van der Waals surface area contributed by atoms with Crippen LogP contribution in [0.25, 0.3) is 0 Å². The molecule has 0 aliphatic carbocycles. The van der Waals surface area contributed by atoms with Gasteiger partial charge in [0.15, 0.2) is 23.2 Å². The number of benzene rings is 1. The standard InChI is InChI=1S/C17H11ClF6N2O2/c18-10-2-1-9-13(12(10)19)27-4-3-16(9)7-26-6-8(17(22,23)24)5-11(14(26)25-16)28-15(20)21/h1-2,5-6,15H,3-4,7H2/t16-/m1/s1. The lowest BCUT2D eigenvalue weighted by molar-refractivity contribution is -0.0981. The Morgan fingerprint density at radius 2 is 2.04 bits per heavy atom. The molecule has 0 radical (unpaired) electrons. The first-order chi connectivity index (χ1) is 13.1.